The van der Waals surface area contributed by atoms with E-state index in [2.05, 4.69) is 64.6 Å². The van der Waals surface area contributed by atoms with Crippen molar-refractivity contribution in [1.29, 1.82) is 0 Å². The van der Waals surface area contributed by atoms with E-state index in [4.69, 9.17) is 0 Å². The average molecular weight is 401 g/mol. The molecule has 0 fully saturated rings. The molecule has 25 heavy (non-hydrogen) atoms. The quantitative estimate of drug-likeness (QED) is 0.541. The van der Waals surface area contributed by atoms with Gasteiger partial charge < -0.3 is 5.11 Å². The number of carbonyl (C=O) groups is 1. The standard InChI is InChI=1S/C20H21BrN2O2/c1-13(2)16-6-4-15(5-7-16)10-14(3)12-22-23-20(25)18-9-8-17(21)11-19(18)24/h4-13,24H,1-3H3,(H,23,25)/b14-10-,22-12+. The molecule has 0 aliphatic rings. The number of benzene rings is 2. The predicted octanol–water partition coefficient (Wildman–Crippen LogP) is 5.10. The second kappa shape index (κ2) is 8.62. The molecule has 0 aliphatic heterocycles. The third-order valence-electron chi connectivity index (χ3n) is 3.64. The molecule has 0 saturated carbocycles. The summed E-state index contributed by atoms with van der Waals surface area (Å²) in [5, 5.41) is 13.7. The van der Waals surface area contributed by atoms with Crippen molar-refractivity contribution in [3.8, 4) is 5.75 Å². The van der Waals surface area contributed by atoms with Gasteiger partial charge in [-0.2, -0.15) is 5.10 Å². The summed E-state index contributed by atoms with van der Waals surface area (Å²) in [4.78, 5) is 12.0. The summed E-state index contributed by atoms with van der Waals surface area (Å²) in [7, 11) is 0. The lowest BCUT2D eigenvalue weighted by atomic mass is 10.0. The molecular weight excluding hydrogens is 380 g/mol. The van der Waals surface area contributed by atoms with E-state index in [1.807, 2.05) is 13.0 Å². The maximum atomic E-state index is 12.0. The lowest BCUT2D eigenvalue weighted by molar-refractivity contribution is 0.0952. The van der Waals surface area contributed by atoms with Gasteiger partial charge in [0, 0.05) is 4.47 Å². The zero-order chi connectivity index (χ0) is 18.4. The molecule has 0 spiro atoms. The third kappa shape index (κ3) is 5.57. The SMILES string of the molecule is CC(=C/c1ccc(C(C)C)cc1)/C=N/NC(=O)c1ccc(Br)cc1O. The molecule has 130 valence electrons. The number of hydrogen-bond acceptors (Lipinski definition) is 3. The Balaban J connectivity index is 1.99. The number of aromatic hydroxyl groups is 1. The van der Waals surface area contributed by atoms with Gasteiger partial charge in [0.1, 0.15) is 5.75 Å². The summed E-state index contributed by atoms with van der Waals surface area (Å²) < 4.78 is 0.701. The molecule has 2 aromatic carbocycles. The fourth-order valence-electron chi connectivity index (χ4n) is 2.23. The van der Waals surface area contributed by atoms with E-state index in [0.717, 1.165) is 11.1 Å². The first-order valence-electron chi connectivity index (χ1n) is 7.97. The average Bonchev–Trinajstić information content (AvgIpc) is 2.55. The number of carbonyl (C=O) groups excluding carboxylic acids is 1. The second-order valence-corrected chi connectivity index (χ2v) is 6.99. The van der Waals surface area contributed by atoms with Crippen LogP contribution in [0.1, 0.15) is 48.2 Å². The molecule has 0 saturated heterocycles. The first kappa shape index (κ1) is 18.9. The van der Waals surface area contributed by atoms with E-state index in [0.29, 0.717) is 10.4 Å². The van der Waals surface area contributed by atoms with Crippen molar-refractivity contribution in [2.24, 2.45) is 5.10 Å². The van der Waals surface area contributed by atoms with Gasteiger partial charge in [0.05, 0.1) is 11.8 Å². The van der Waals surface area contributed by atoms with Crippen molar-refractivity contribution >= 4 is 34.1 Å². The van der Waals surface area contributed by atoms with Gasteiger partial charge in [0.15, 0.2) is 0 Å². The van der Waals surface area contributed by atoms with Crippen LogP contribution in [-0.2, 0) is 0 Å². The Morgan fingerprint density at radius 2 is 1.88 bits per heavy atom. The maximum Gasteiger partial charge on any atom is 0.275 e. The first-order valence-corrected chi connectivity index (χ1v) is 8.76. The molecule has 1 amide bonds. The van der Waals surface area contributed by atoms with Crippen LogP contribution in [0.15, 0.2) is 57.6 Å². The summed E-state index contributed by atoms with van der Waals surface area (Å²) in [5.74, 6) is -0.0548. The van der Waals surface area contributed by atoms with Crippen LogP contribution in [0.4, 0.5) is 0 Å². The minimum Gasteiger partial charge on any atom is -0.507 e. The van der Waals surface area contributed by atoms with Crippen LogP contribution in [-0.4, -0.2) is 17.2 Å². The molecule has 0 unspecified atom stereocenters. The second-order valence-electron chi connectivity index (χ2n) is 6.07. The molecule has 0 aromatic heterocycles. The Kier molecular flexibility index (Phi) is 6.53. The fraction of sp³-hybridized carbons (Fsp3) is 0.200. The van der Waals surface area contributed by atoms with Gasteiger partial charge in [0.2, 0.25) is 0 Å². The van der Waals surface area contributed by atoms with Gasteiger partial charge in [-0.25, -0.2) is 5.43 Å². The summed E-state index contributed by atoms with van der Waals surface area (Å²) in [6.45, 7) is 6.23. The maximum absolute atomic E-state index is 12.0. The number of amides is 1. The van der Waals surface area contributed by atoms with Crippen LogP contribution in [0.25, 0.3) is 6.08 Å². The van der Waals surface area contributed by atoms with E-state index in [-0.39, 0.29) is 11.3 Å². The lowest BCUT2D eigenvalue weighted by Crippen LogP contribution is -2.17. The Hall–Kier alpha value is -2.40. The third-order valence-corrected chi connectivity index (χ3v) is 4.13. The van der Waals surface area contributed by atoms with E-state index in [1.165, 1.54) is 17.7 Å². The van der Waals surface area contributed by atoms with E-state index in [1.54, 1.807) is 12.3 Å². The molecule has 4 nitrogen and oxygen atoms in total. The Labute approximate surface area is 156 Å². The molecular formula is C20H21BrN2O2. The van der Waals surface area contributed by atoms with Crippen LogP contribution in [0.2, 0.25) is 0 Å². The van der Waals surface area contributed by atoms with Gasteiger partial charge in [-0.15, -0.1) is 0 Å². The smallest absolute Gasteiger partial charge is 0.275 e. The molecule has 2 N–H and O–H groups in total. The summed E-state index contributed by atoms with van der Waals surface area (Å²) in [5.41, 5.74) is 5.86. The first-order chi connectivity index (χ1) is 11.9. The molecule has 5 heteroatoms. The number of allylic oxidation sites excluding steroid dienone is 1. The number of nitrogens with one attached hydrogen (secondary N) is 1. The van der Waals surface area contributed by atoms with Crippen molar-refractivity contribution in [2.75, 3.05) is 0 Å². The summed E-state index contributed by atoms with van der Waals surface area (Å²) >= 11 is 3.23. The van der Waals surface area contributed by atoms with Crippen molar-refractivity contribution in [3.05, 3.63) is 69.2 Å². The topological polar surface area (TPSA) is 61.7 Å². The molecule has 2 rings (SSSR count). The van der Waals surface area contributed by atoms with Crippen LogP contribution < -0.4 is 5.43 Å². The van der Waals surface area contributed by atoms with Gasteiger partial charge in [-0.05, 0) is 47.7 Å². The minimum atomic E-state index is -0.463. The van der Waals surface area contributed by atoms with Crippen molar-refractivity contribution < 1.29 is 9.90 Å². The number of halogens is 1. The number of hydrazone groups is 1. The molecule has 0 heterocycles. The van der Waals surface area contributed by atoms with Crippen LogP contribution >= 0.6 is 15.9 Å². The number of nitrogens with zero attached hydrogens (tertiary/aromatic N) is 1. The monoisotopic (exact) mass is 400 g/mol. The molecule has 2 aromatic rings. The zero-order valence-corrected chi connectivity index (χ0v) is 16.0. The summed E-state index contributed by atoms with van der Waals surface area (Å²) in [6.07, 6.45) is 3.56. The minimum absolute atomic E-state index is 0.0976. The van der Waals surface area contributed by atoms with E-state index in [9.17, 15) is 9.90 Å². The highest BCUT2D eigenvalue weighted by Gasteiger charge is 2.10. The number of phenolic OH excluding ortho intramolecular Hbond substituents is 1. The molecule has 0 radical (unpaired) electrons. The fourth-order valence-corrected chi connectivity index (χ4v) is 2.58. The van der Waals surface area contributed by atoms with Gasteiger partial charge in [-0.3, -0.25) is 4.79 Å². The van der Waals surface area contributed by atoms with Crippen molar-refractivity contribution in [3.63, 3.8) is 0 Å². The van der Waals surface area contributed by atoms with Gasteiger partial charge >= 0.3 is 0 Å². The Morgan fingerprint density at radius 1 is 1.20 bits per heavy atom. The van der Waals surface area contributed by atoms with Gasteiger partial charge in [-0.1, -0.05) is 60.1 Å². The highest BCUT2D eigenvalue weighted by atomic mass is 79.9. The van der Waals surface area contributed by atoms with Crippen LogP contribution in [0.5, 0.6) is 5.75 Å². The highest BCUT2D eigenvalue weighted by molar-refractivity contribution is 9.10. The Bertz CT molecular complexity index is 809. The van der Waals surface area contributed by atoms with E-state index >= 15 is 0 Å². The molecule has 0 bridgehead atoms. The van der Waals surface area contributed by atoms with Gasteiger partial charge in [0.25, 0.3) is 5.91 Å². The van der Waals surface area contributed by atoms with E-state index < -0.39 is 5.91 Å². The lowest BCUT2D eigenvalue weighted by Gasteiger charge is -2.05. The zero-order valence-electron chi connectivity index (χ0n) is 14.5. The number of phenols is 1. The largest absolute Gasteiger partial charge is 0.507 e. The van der Waals surface area contributed by atoms with Crippen molar-refractivity contribution in [1.82, 2.24) is 5.43 Å². The normalized spacial score (nSPS) is 12.0. The molecule has 0 aliphatic carbocycles. The predicted molar refractivity (Wildman–Crippen MR) is 106 cm³/mol. The van der Waals surface area contributed by atoms with Crippen LogP contribution in [0, 0.1) is 0 Å². The number of rotatable bonds is 5. The number of hydrogen-bond donors (Lipinski definition) is 2. The Morgan fingerprint density at radius 3 is 2.48 bits per heavy atom. The van der Waals surface area contributed by atoms with Crippen molar-refractivity contribution in [2.45, 2.75) is 26.7 Å². The highest BCUT2D eigenvalue weighted by Crippen LogP contribution is 2.22. The molecule has 0 atom stereocenters. The summed E-state index contributed by atoms with van der Waals surface area (Å²) in [6, 6.07) is 13.0. The van der Waals surface area contributed by atoms with Crippen LogP contribution in [0.3, 0.4) is 0 Å².